The normalized spacial score (nSPS) is 12.6. The first-order valence-corrected chi connectivity index (χ1v) is 7.35. The van der Waals surface area contributed by atoms with Gasteiger partial charge in [-0.3, -0.25) is 0 Å². The molecule has 102 valence electrons. The number of rotatable bonds is 5. The van der Waals surface area contributed by atoms with Crippen LogP contribution < -0.4 is 5.32 Å². The zero-order valence-corrected chi connectivity index (χ0v) is 13.2. The van der Waals surface area contributed by atoms with Crippen molar-refractivity contribution in [3.63, 3.8) is 0 Å². The van der Waals surface area contributed by atoms with Gasteiger partial charge in [-0.05, 0) is 37.2 Å². The van der Waals surface area contributed by atoms with E-state index in [-0.39, 0.29) is 6.04 Å². The fourth-order valence-electron chi connectivity index (χ4n) is 2.07. The molecule has 0 saturated heterocycles. The minimum absolute atomic E-state index is 0.00891. The van der Waals surface area contributed by atoms with E-state index in [1.54, 1.807) is 6.20 Å². The SMILES string of the molecule is CCCn1nncc1C(NC)c1cc(Cl)ccc1Br. The zero-order valence-electron chi connectivity index (χ0n) is 10.9. The van der Waals surface area contributed by atoms with Gasteiger partial charge in [0.25, 0.3) is 0 Å². The summed E-state index contributed by atoms with van der Waals surface area (Å²) in [4.78, 5) is 0. The molecule has 1 aromatic carbocycles. The Kier molecular flexibility index (Phi) is 4.96. The van der Waals surface area contributed by atoms with E-state index in [4.69, 9.17) is 11.6 Å². The van der Waals surface area contributed by atoms with Crippen LogP contribution >= 0.6 is 27.5 Å². The third kappa shape index (κ3) is 3.16. The molecule has 0 aliphatic carbocycles. The predicted molar refractivity (Wildman–Crippen MR) is 80.4 cm³/mol. The molecule has 1 atom stereocenters. The van der Waals surface area contributed by atoms with Gasteiger partial charge >= 0.3 is 0 Å². The maximum absolute atomic E-state index is 6.09. The van der Waals surface area contributed by atoms with Gasteiger partial charge in [0.2, 0.25) is 0 Å². The first kappa shape index (κ1) is 14.5. The minimum Gasteiger partial charge on any atom is -0.308 e. The van der Waals surface area contributed by atoms with Gasteiger partial charge in [-0.15, -0.1) is 5.10 Å². The second kappa shape index (κ2) is 6.50. The number of benzene rings is 1. The Hall–Kier alpha value is -0.910. The number of hydrogen-bond donors (Lipinski definition) is 1. The summed E-state index contributed by atoms with van der Waals surface area (Å²) in [7, 11) is 1.92. The third-order valence-electron chi connectivity index (χ3n) is 2.94. The van der Waals surface area contributed by atoms with Gasteiger partial charge in [0.05, 0.1) is 17.9 Å². The molecule has 4 nitrogen and oxygen atoms in total. The molecule has 1 N–H and O–H groups in total. The summed E-state index contributed by atoms with van der Waals surface area (Å²) in [6.45, 7) is 2.97. The Morgan fingerprint density at radius 2 is 2.26 bits per heavy atom. The zero-order chi connectivity index (χ0) is 13.8. The van der Waals surface area contributed by atoms with Crippen LogP contribution in [0.15, 0.2) is 28.9 Å². The molecule has 0 aliphatic rings. The van der Waals surface area contributed by atoms with Crippen molar-refractivity contribution in [2.45, 2.75) is 25.9 Å². The van der Waals surface area contributed by atoms with E-state index in [1.807, 2.05) is 29.9 Å². The molecule has 19 heavy (non-hydrogen) atoms. The number of halogens is 2. The highest BCUT2D eigenvalue weighted by molar-refractivity contribution is 9.10. The van der Waals surface area contributed by atoms with Gasteiger partial charge < -0.3 is 5.32 Å². The van der Waals surface area contributed by atoms with Gasteiger partial charge in [-0.1, -0.05) is 39.7 Å². The van der Waals surface area contributed by atoms with Crippen LogP contribution in [0.3, 0.4) is 0 Å². The molecule has 1 heterocycles. The van der Waals surface area contributed by atoms with Gasteiger partial charge in [0.15, 0.2) is 0 Å². The molecule has 2 rings (SSSR count). The van der Waals surface area contributed by atoms with Crippen LogP contribution in [-0.2, 0) is 6.54 Å². The van der Waals surface area contributed by atoms with Crippen LogP contribution in [0.25, 0.3) is 0 Å². The lowest BCUT2D eigenvalue weighted by Crippen LogP contribution is -2.22. The summed E-state index contributed by atoms with van der Waals surface area (Å²) in [6.07, 6.45) is 2.81. The smallest absolute Gasteiger partial charge is 0.0802 e. The van der Waals surface area contributed by atoms with Crippen molar-refractivity contribution < 1.29 is 0 Å². The highest BCUT2D eigenvalue weighted by atomic mass is 79.9. The highest BCUT2D eigenvalue weighted by Crippen LogP contribution is 2.30. The fraction of sp³-hybridized carbons (Fsp3) is 0.385. The number of hydrogen-bond acceptors (Lipinski definition) is 3. The van der Waals surface area contributed by atoms with E-state index in [1.165, 1.54) is 0 Å². The average Bonchev–Trinajstić information content (AvgIpc) is 2.83. The fourth-order valence-corrected chi connectivity index (χ4v) is 2.73. The van der Waals surface area contributed by atoms with Crippen molar-refractivity contribution in [2.75, 3.05) is 7.05 Å². The van der Waals surface area contributed by atoms with Crippen molar-refractivity contribution >= 4 is 27.5 Å². The van der Waals surface area contributed by atoms with E-state index >= 15 is 0 Å². The molecular weight excluding hydrogens is 328 g/mol. The summed E-state index contributed by atoms with van der Waals surface area (Å²) in [5.74, 6) is 0. The van der Waals surface area contributed by atoms with E-state index in [0.717, 1.165) is 28.7 Å². The summed E-state index contributed by atoms with van der Waals surface area (Å²) in [6, 6.07) is 5.78. The first-order valence-electron chi connectivity index (χ1n) is 6.18. The Labute approximate surface area is 126 Å². The van der Waals surface area contributed by atoms with Crippen molar-refractivity contribution in [1.82, 2.24) is 20.3 Å². The second-order valence-corrected chi connectivity index (χ2v) is 5.56. The van der Waals surface area contributed by atoms with Crippen LogP contribution in [0.1, 0.15) is 30.6 Å². The molecule has 0 bridgehead atoms. The maximum Gasteiger partial charge on any atom is 0.0802 e. The second-order valence-electron chi connectivity index (χ2n) is 4.27. The van der Waals surface area contributed by atoms with Crippen molar-refractivity contribution in [2.24, 2.45) is 0 Å². The van der Waals surface area contributed by atoms with Gasteiger partial charge in [-0.2, -0.15) is 0 Å². The molecule has 1 unspecified atom stereocenters. The summed E-state index contributed by atoms with van der Waals surface area (Å²) in [5, 5.41) is 12.2. The third-order valence-corrected chi connectivity index (χ3v) is 3.89. The molecule has 1 aromatic heterocycles. The highest BCUT2D eigenvalue weighted by Gasteiger charge is 2.19. The number of aryl methyl sites for hydroxylation is 1. The number of aromatic nitrogens is 3. The average molecular weight is 344 g/mol. The van der Waals surface area contributed by atoms with Crippen LogP contribution in [0.2, 0.25) is 5.02 Å². The lowest BCUT2D eigenvalue weighted by Gasteiger charge is -2.19. The van der Waals surface area contributed by atoms with Crippen molar-refractivity contribution in [3.8, 4) is 0 Å². The van der Waals surface area contributed by atoms with Gasteiger partial charge in [0, 0.05) is 16.0 Å². The molecule has 0 amide bonds. The topological polar surface area (TPSA) is 42.7 Å². The Bertz CT molecular complexity index is 555. The molecule has 0 fully saturated rings. The van der Waals surface area contributed by atoms with Crippen LogP contribution in [-0.4, -0.2) is 22.0 Å². The Balaban J connectivity index is 2.44. The largest absolute Gasteiger partial charge is 0.308 e. The summed E-state index contributed by atoms with van der Waals surface area (Å²) in [5.41, 5.74) is 2.11. The molecular formula is C13H16BrClN4. The minimum atomic E-state index is 0.00891. The Morgan fingerprint density at radius 3 is 2.95 bits per heavy atom. The molecule has 0 saturated carbocycles. The lowest BCUT2D eigenvalue weighted by molar-refractivity contribution is 0.523. The molecule has 0 spiro atoms. The molecule has 0 radical (unpaired) electrons. The maximum atomic E-state index is 6.09. The van der Waals surface area contributed by atoms with E-state index < -0.39 is 0 Å². The van der Waals surface area contributed by atoms with Crippen LogP contribution in [0, 0.1) is 0 Å². The molecule has 0 aliphatic heterocycles. The predicted octanol–water partition coefficient (Wildman–Crippen LogP) is 3.41. The van der Waals surface area contributed by atoms with Gasteiger partial charge in [-0.25, -0.2) is 4.68 Å². The number of nitrogens with one attached hydrogen (secondary N) is 1. The van der Waals surface area contributed by atoms with E-state index in [9.17, 15) is 0 Å². The van der Waals surface area contributed by atoms with Crippen LogP contribution in [0.4, 0.5) is 0 Å². The molecule has 2 aromatic rings. The van der Waals surface area contributed by atoms with E-state index in [0.29, 0.717) is 5.02 Å². The monoisotopic (exact) mass is 342 g/mol. The van der Waals surface area contributed by atoms with Gasteiger partial charge in [0.1, 0.15) is 0 Å². The quantitative estimate of drug-likeness (QED) is 0.904. The van der Waals surface area contributed by atoms with Crippen LogP contribution in [0.5, 0.6) is 0 Å². The lowest BCUT2D eigenvalue weighted by atomic mass is 10.0. The molecule has 6 heteroatoms. The Morgan fingerprint density at radius 1 is 1.47 bits per heavy atom. The first-order chi connectivity index (χ1) is 9.17. The number of nitrogens with zero attached hydrogens (tertiary/aromatic N) is 3. The van der Waals surface area contributed by atoms with Crippen molar-refractivity contribution in [3.05, 3.63) is 45.1 Å². The standard InChI is InChI=1S/C13H16BrClN4/c1-3-6-19-12(8-17-18-19)13(16-2)10-7-9(15)4-5-11(10)14/h4-5,7-8,13,16H,3,6H2,1-2H3. The summed E-state index contributed by atoms with van der Waals surface area (Å²) >= 11 is 9.67. The van der Waals surface area contributed by atoms with E-state index in [2.05, 4.69) is 38.5 Å². The summed E-state index contributed by atoms with van der Waals surface area (Å²) < 4.78 is 2.94. The van der Waals surface area contributed by atoms with Crippen molar-refractivity contribution in [1.29, 1.82) is 0 Å².